The zero-order valence-electron chi connectivity index (χ0n) is 32.3. The molecule has 0 N–H and O–H groups in total. The molecule has 2 aromatic heterocycles. The summed E-state index contributed by atoms with van der Waals surface area (Å²) in [7, 11) is 11.2. The van der Waals surface area contributed by atoms with Gasteiger partial charge in [0, 0.05) is 20.8 Å². The molecule has 2 nitrogen and oxygen atoms in total. The largest absolute Gasteiger partial charge is 0.498 e. The Balaban J connectivity index is 0.000000142. The Labute approximate surface area is 363 Å². The minimum Gasteiger partial charge on any atom is -0.498 e. The van der Waals surface area contributed by atoms with Crippen LogP contribution >= 0.6 is 40.2 Å². The standard InChI is InChI=1S/2C24H16ClO.C2H6Si.2ClH.Zr/c2*1-15-10-11-16-12-18(24-19-7-3-2-6-17(19)14-26-24)13-21(16)23(15)20-8-4-5-9-22(20)25;1-3-2;;;/h2*2-14H,1H3;1-2H3;2*1H;/q2*-1;;;;+2/p-2. The number of benzene rings is 6. The van der Waals surface area contributed by atoms with Gasteiger partial charge in [0.15, 0.2) is 0 Å². The molecule has 0 radical (unpaired) electrons. The molecule has 0 aliphatic carbocycles. The van der Waals surface area contributed by atoms with E-state index >= 15 is 0 Å². The Kier molecular flexibility index (Phi) is 12.3. The molecule has 8 heteroatoms. The Hall–Kier alpha value is -4.12. The first kappa shape index (κ1) is 40.7. The third-order valence-corrected chi connectivity index (χ3v) is 30.8. The van der Waals surface area contributed by atoms with Gasteiger partial charge in [0.25, 0.3) is 0 Å². The van der Waals surface area contributed by atoms with E-state index in [1.165, 1.54) is 43.8 Å². The second-order valence-corrected chi connectivity index (χ2v) is 38.3. The van der Waals surface area contributed by atoms with E-state index in [-0.39, 0.29) is 5.43 Å². The molecular weight excluding hydrogens is 894 g/mol. The number of furan rings is 2. The zero-order chi connectivity index (χ0) is 40.5. The number of rotatable bonds is 4. The third kappa shape index (κ3) is 8.21. The molecule has 10 aromatic rings. The molecular formula is C50H38Cl4O2SiZr-2. The summed E-state index contributed by atoms with van der Waals surface area (Å²) in [5, 5.41) is 10.9. The molecule has 0 atom stereocenters. The quantitative estimate of drug-likeness (QED) is 0.130. The van der Waals surface area contributed by atoms with Crippen molar-refractivity contribution in [3.8, 4) is 44.9 Å². The van der Waals surface area contributed by atoms with E-state index in [0.717, 1.165) is 65.4 Å². The normalized spacial score (nSPS) is 11.1. The van der Waals surface area contributed by atoms with Gasteiger partial charge in [-0.15, -0.1) is 57.9 Å². The van der Waals surface area contributed by atoms with E-state index in [1.54, 1.807) is 0 Å². The van der Waals surface area contributed by atoms with Crippen LogP contribution in [0.4, 0.5) is 0 Å². The van der Waals surface area contributed by atoms with Gasteiger partial charge in [-0.2, -0.15) is 0 Å². The maximum Gasteiger partial charge on any atom is 0.0875 e. The summed E-state index contributed by atoms with van der Waals surface area (Å²) in [4.78, 5) is 0. The number of fused-ring (bicyclic) bond motifs is 4. The molecule has 2 heterocycles. The minimum absolute atomic E-state index is 0.224. The van der Waals surface area contributed by atoms with E-state index in [9.17, 15) is 0 Å². The summed E-state index contributed by atoms with van der Waals surface area (Å²) in [5.41, 5.74) is 8.92. The molecule has 0 spiro atoms. The molecule has 0 fully saturated rings. The summed E-state index contributed by atoms with van der Waals surface area (Å²) < 4.78 is 11.8. The van der Waals surface area contributed by atoms with Gasteiger partial charge in [0.05, 0.1) is 24.0 Å². The summed E-state index contributed by atoms with van der Waals surface area (Å²) in [6, 6.07) is 50.0. The minimum atomic E-state index is -1.65. The third-order valence-electron chi connectivity index (χ3n) is 10.4. The van der Waals surface area contributed by atoms with Crippen LogP contribution < -0.4 is 0 Å². The predicted molar refractivity (Wildman–Crippen MR) is 249 cm³/mol. The van der Waals surface area contributed by atoms with E-state index < -0.39 is 18.0 Å². The van der Waals surface area contributed by atoms with Crippen molar-refractivity contribution in [2.45, 2.75) is 26.9 Å². The molecule has 288 valence electrons. The van der Waals surface area contributed by atoms with Crippen LogP contribution in [-0.2, 0) is 18.0 Å². The van der Waals surface area contributed by atoms with Crippen molar-refractivity contribution in [2.75, 3.05) is 0 Å². The number of hydrogen-bond acceptors (Lipinski definition) is 2. The van der Waals surface area contributed by atoms with Gasteiger partial charge in [-0.05, 0) is 59.0 Å². The van der Waals surface area contributed by atoms with Crippen LogP contribution in [0.15, 0.2) is 167 Å². The van der Waals surface area contributed by atoms with Crippen molar-refractivity contribution in [3.63, 3.8) is 0 Å². The van der Waals surface area contributed by atoms with Gasteiger partial charge < -0.3 is 8.83 Å². The van der Waals surface area contributed by atoms with Crippen LogP contribution in [0.2, 0.25) is 23.1 Å². The van der Waals surface area contributed by atoms with E-state index in [4.69, 9.17) is 49.1 Å². The SMILES string of the molecule is C[Si](C)=[Zr]([Cl])[Cl].Cc1ccc2[cH-]c(-c3occ4ccccc34)cc2c1-c1ccccc1Cl.Cc1ccc2[cH-]c(-c3occ4ccccc34)cc2c1-c1ccccc1Cl. The first-order valence-corrected chi connectivity index (χ1v) is 32.2. The fourth-order valence-corrected chi connectivity index (χ4v) is 7.98. The van der Waals surface area contributed by atoms with Crippen molar-refractivity contribution >= 4 is 88.8 Å². The van der Waals surface area contributed by atoms with Gasteiger partial charge in [0.2, 0.25) is 0 Å². The summed E-state index contributed by atoms with van der Waals surface area (Å²) >= 11 is 11.3. The van der Waals surface area contributed by atoms with Gasteiger partial charge in [-0.25, -0.2) is 0 Å². The number of aryl methyl sites for hydroxylation is 2. The predicted octanol–water partition coefficient (Wildman–Crippen LogP) is 17.4. The van der Waals surface area contributed by atoms with Crippen molar-refractivity contribution in [3.05, 3.63) is 179 Å². The summed E-state index contributed by atoms with van der Waals surface area (Å²) in [6.45, 7) is 8.60. The Morgan fingerprint density at radius 2 is 0.879 bits per heavy atom. The van der Waals surface area contributed by atoms with Gasteiger partial charge in [-0.3, -0.25) is 0 Å². The fraction of sp³-hybridized carbons (Fsp3) is 0.0800. The molecule has 58 heavy (non-hydrogen) atoms. The van der Waals surface area contributed by atoms with Crippen LogP contribution in [0.3, 0.4) is 0 Å². The molecule has 0 saturated heterocycles. The molecule has 0 aliphatic heterocycles. The molecule has 0 bridgehead atoms. The van der Waals surface area contributed by atoms with Crippen molar-refractivity contribution in [1.82, 2.24) is 0 Å². The first-order chi connectivity index (χ1) is 28.1. The fourth-order valence-electron chi connectivity index (χ4n) is 7.52. The Morgan fingerprint density at radius 3 is 1.28 bits per heavy atom. The Morgan fingerprint density at radius 1 is 0.500 bits per heavy atom. The molecule has 0 amide bonds. The van der Waals surface area contributed by atoms with E-state index in [2.05, 4.69) is 112 Å². The smallest absolute Gasteiger partial charge is 0.0875 e. The zero-order valence-corrected chi connectivity index (χ0v) is 38.8. The maximum atomic E-state index is 6.50. The Bertz CT molecular complexity index is 2910. The average molecular weight is 932 g/mol. The summed E-state index contributed by atoms with van der Waals surface area (Å²) in [5.74, 6) is 1.83. The van der Waals surface area contributed by atoms with Crippen LogP contribution in [0, 0.1) is 13.8 Å². The topological polar surface area (TPSA) is 26.3 Å². The first-order valence-electron chi connectivity index (χ1n) is 18.9. The van der Waals surface area contributed by atoms with Crippen LogP contribution in [0.1, 0.15) is 11.1 Å². The second kappa shape index (κ2) is 17.6. The van der Waals surface area contributed by atoms with Gasteiger partial charge in [0.1, 0.15) is 0 Å². The van der Waals surface area contributed by atoms with Crippen LogP contribution in [-0.4, -0.2) is 5.43 Å². The number of hydrogen-bond donors (Lipinski definition) is 0. The molecule has 10 rings (SSSR count). The van der Waals surface area contributed by atoms with E-state index in [1.807, 2.05) is 73.2 Å². The van der Waals surface area contributed by atoms with Crippen LogP contribution in [0.5, 0.6) is 0 Å². The van der Waals surface area contributed by atoms with Crippen molar-refractivity contribution in [2.24, 2.45) is 0 Å². The average Bonchev–Trinajstić information content (AvgIpc) is 4.04. The van der Waals surface area contributed by atoms with Gasteiger partial charge in [-0.1, -0.05) is 143 Å². The van der Waals surface area contributed by atoms with Gasteiger partial charge >= 0.3 is 53.5 Å². The second-order valence-electron chi connectivity index (χ2n) is 14.5. The molecule has 0 unspecified atom stereocenters. The van der Waals surface area contributed by atoms with Crippen molar-refractivity contribution < 1.29 is 26.8 Å². The summed E-state index contributed by atoms with van der Waals surface area (Å²) in [6.07, 6.45) is 3.64. The monoisotopic (exact) mass is 928 g/mol. The van der Waals surface area contributed by atoms with Crippen molar-refractivity contribution in [1.29, 1.82) is 0 Å². The molecule has 8 aromatic carbocycles. The number of halogens is 4. The molecule has 0 aliphatic rings. The molecule has 0 saturated carbocycles. The van der Waals surface area contributed by atoms with Crippen LogP contribution in [0.25, 0.3) is 88.0 Å². The maximum absolute atomic E-state index is 6.50. The van der Waals surface area contributed by atoms with E-state index in [0.29, 0.717) is 0 Å².